The number of piperazine rings is 1. The smallest absolute Gasteiger partial charge is 0.251 e. The van der Waals surface area contributed by atoms with Crippen LogP contribution in [0.4, 0.5) is 5.69 Å². The second-order valence-corrected chi connectivity index (χ2v) is 15.1. The van der Waals surface area contributed by atoms with Gasteiger partial charge in [-0.25, -0.2) is 9.67 Å². The molecule has 57 heavy (non-hydrogen) atoms. The van der Waals surface area contributed by atoms with Crippen LogP contribution < -0.4 is 16.0 Å². The van der Waals surface area contributed by atoms with Crippen LogP contribution in [-0.4, -0.2) is 87.7 Å². The van der Waals surface area contributed by atoms with Gasteiger partial charge in [-0.05, 0) is 91.3 Å². The quantitative estimate of drug-likeness (QED) is 0.131. The number of amides is 3. The van der Waals surface area contributed by atoms with Gasteiger partial charge in [0.25, 0.3) is 11.8 Å². The lowest BCUT2D eigenvalue weighted by Gasteiger charge is -2.34. The molecular formula is C45H54N8O4. The molecule has 3 amide bonds. The molecule has 0 unspecified atom stereocenters. The van der Waals surface area contributed by atoms with Gasteiger partial charge in [-0.2, -0.15) is 5.10 Å². The van der Waals surface area contributed by atoms with Crippen LogP contribution in [0.3, 0.4) is 0 Å². The van der Waals surface area contributed by atoms with Crippen molar-refractivity contribution in [2.75, 3.05) is 44.7 Å². The van der Waals surface area contributed by atoms with Crippen LogP contribution in [0.15, 0.2) is 72.9 Å². The Labute approximate surface area is 335 Å². The Balaban J connectivity index is 1.01. The predicted molar refractivity (Wildman–Crippen MR) is 223 cm³/mol. The van der Waals surface area contributed by atoms with Gasteiger partial charge in [0.1, 0.15) is 0 Å². The molecule has 5 aromatic rings. The highest BCUT2D eigenvalue weighted by Gasteiger charge is 2.23. The molecule has 0 atom stereocenters. The number of anilines is 1. The van der Waals surface area contributed by atoms with Crippen LogP contribution in [-0.2, 0) is 42.1 Å². The summed E-state index contributed by atoms with van der Waals surface area (Å²) in [6, 6.07) is 22.3. The summed E-state index contributed by atoms with van der Waals surface area (Å²) in [5.41, 5.74) is 9.72. The molecule has 12 nitrogen and oxygen atoms in total. The van der Waals surface area contributed by atoms with E-state index in [2.05, 4.69) is 76.2 Å². The molecule has 298 valence electrons. The number of pyridine rings is 1. The Bertz CT molecular complexity index is 2240. The van der Waals surface area contributed by atoms with Gasteiger partial charge in [-0.15, -0.1) is 0 Å². The summed E-state index contributed by atoms with van der Waals surface area (Å²) < 4.78 is 7.52. The number of carbonyl (C=O) groups excluding carboxylic acids is 3. The maximum Gasteiger partial charge on any atom is 0.251 e. The largest absolute Gasteiger partial charge is 0.381 e. The highest BCUT2D eigenvalue weighted by atomic mass is 16.5. The van der Waals surface area contributed by atoms with Gasteiger partial charge in [0.15, 0.2) is 5.65 Å². The van der Waals surface area contributed by atoms with Crippen LogP contribution in [0, 0.1) is 6.92 Å². The fourth-order valence-electron chi connectivity index (χ4n) is 7.89. The molecule has 2 aliphatic heterocycles. The maximum absolute atomic E-state index is 13.8. The number of hydrogen-bond donors (Lipinski definition) is 3. The van der Waals surface area contributed by atoms with Gasteiger partial charge in [-0.3, -0.25) is 19.3 Å². The summed E-state index contributed by atoms with van der Waals surface area (Å²) in [5, 5.41) is 15.5. The van der Waals surface area contributed by atoms with Crippen molar-refractivity contribution in [2.24, 2.45) is 0 Å². The number of carbonyl (C=O) groups is 3. The molecule has 3 aromatic carbocycles. The summed E-state index contributed by atoms with van der Waals surface area (Å²) in [4.78, 5) is 48.3. The predicted octanol–water partition coefficient (Wildman–Crippen LogP) is 6.10. The topological polar surface area (TPSA) is 134 Å². The van der Waals surface area contributed by atoms with E-state index < -0.39 is 0 Å². The monoisotopic (exact) mass is 770 g/mol. The zero-order valence-electron chi connectivity index (χ0n) is 33.6. The summed E-state index contributed by atoms with van der Waals surface area (Å²) >= 11 is 0. The minimum Gasteiger partial charge on any atom is -0.381 e. The van der Waals surface area contributed by atoms with Crippen molar-refractivity contribution in [3.63, 3.8) is 0 Å². The number of benzene rings is 3. The molecule has 4 heterocycles. The molecule has 12 heteroatoms. The highest BCUT2D eigenvalue weighted by Crippen LogP contribution is 2.31. The molecule has 2 saturated heterocycles. The molecule has 0 radical (unpaired) electrons. The molecule has 0 spiro atoms. The highest BCUT2D eigenvalue weighted by molar-refractivity contribution is 6.00. The lowest BCUT2D eigenvalue weighted by atomic mass is 10.0. The van der Waals surface area contributed by atoms with Crippen molar-refractivity contribution >= 4 is 34.4 Å². The Morgan fingerprint density at radius 3 is 2.12 bits per heavy atom. The van der Waals surface area contributed by atoms with Crippen LogP contribution in [0.5, 0.6) is 0 Å². The Kier molecular flexibility index (Phi) is 12.6. The molecule has 0 aliphatic carbocycles. The van der Waals surface area contributed by atoms with Gasteiger partial charge in [0.2, 0.25) is 5.91 Å². The van der Waals surface area contributed by atoms with E-state index in [1.807, 2.05) is 47.0 Å². The van der Waals surface area contributed by atoms with E-state index in [9.17, 15) is 14.4 Å². The summed E-state index contributed by atoms with van der Waals surface area (Å²) in [6.45, 7) is 14.5. The van der Waals surface area contributed by atoms with E-state index in [1.165, 1.54) is 5.56 Å². The van der Waals surface area contributed by atoms with Crippen molar-refractivity contribution in [1.82, 2.24) is 35.2 Å². The van der Waals surface area contributed by atoms with Crippen LogP contribution in [0.1, 0.15) is 82.3 Å². The van der Waals surface area contributed by atoms with E-state index in [0.717, 1.165) is 95.8 Å². The third-order valence-corrected chi connectivity index (χ3v) is 11.1. The Hall–Kier alpha value is -5.59. The van der Waals surface area contributed by atoms with Crippen LogP contribution >= 0.6 is 0 Å². The summed E-state index contributed by atoms with van der Waals surface area (Å²) in [6.07, 6.45) is 4.36. The number of nitrogens with zero attached hydrogens (tertiary/aromatic N) is 5. The number of rotatable bonds is 13. The minimum absolute atomic E-state index is 0.137. The number of fused-ring (bicyclic) bond motifs is 1. The molecule has 0 saturated carbocycles. The number of nitrogens with one attached hydrogen (secondary N) is 3. The van der Waals surface area contributed by atoms with E-state index in [0.29, 0.717) is 43.9 Å². The van der Waals surface area contributed by atoms with Crippen molar-refractivity contribution in [2.45, 2.75) is 79.2 Å². The van der Waals surface area contributed by atoms with Crippen LogP contribution in [0.25, 0.3) is 22.2 Å². The first-order chi connectivity index (χ1) is 27.7. The molecule has 2 fully saturated rings. The number of aromatic nitrogens is 3. The van der Waals surface area contributed by atoms with Gasteiger partial charge < -0.3 is 25.6 Å². The number of ether oxygens (including phenoxy) is 1. The van der Waals surface area contributed by atoms with E-state index in [4.69, 9.17) is 9.72 Å². The third-order valence-electron chi connectivity index (χ3n) is 11.1. The zero-order chi connectivity index (χ0) is 39.9. The SMILES string of the molecule is CCc1nc2c(cnn2CC)c(NC2CCOCC2)c1CNC(=O)c1cc(C)cc(C(=O)NCc2cccc(-c3cccc(CN4CCN(C(C)=O)CC4)c3)c2)c1. The number of hydrogen-bond acceptors (Lipinski definition) is 8. The maximum atomic E-state index is 13.8. The lowest BCUT2D eigenvalue weighted by Crippen LogP contribution is -2.47. The average Bonchev–Trinajstić information content (AvgIpc) is 3.65. The molecule has 0 bridgehead atoms. The molecule has 3 N–H and O–H groups in total. The molecule has 2 aliphatic rings. The first kappa shape index (κ1) is 39.6. The van der Waals surface area contributed by atoms with Gasteiger partial charge in [-0.1, -0.05) is 43.3 Å². The summed E-state index contributed by atoms with van der Waals surface area (Å²) in [7, 11) is 0. The Morgan fingerprint density at radius 2 is 1.47 bits per heavy atom. The number of aryl methyl sites for hydroxylation is 3. The normalized spacial score (nSPS) is 15.1. The van der Waals surface area contributed by atoms with E-state index in [-0.39, 0.29) is 30.3 Å². The zero-order valence-corrected chi connectivity index (χ0v) is 33.6. The average molecular weight is 771 g/mol. The minimum atomic E-state index is -0.260. The second kappa shape index (κ2) is 18.1. The Morgan fingerprint density at radius 1 is 0.825 bits per heavy atom. The van der Waals surface area contributed by atoms with Gasteiger partial charge in [0.05, 0.1) is 17.3 Å². The fourth-order valence-corrected chi connectivity index (χ4v) is 7.89. The van der Waals surface area contributed by atoms with Crippen molar-refractivity contribution in [3.05, 3.63) is 112 Å². The molecular weight excluding hydrogens is 717 g/mol. The van der Waals surface area contributed by atoms with Gasteiger partial charge in [0, 0.05) is 101 Å². The van der Waals surface area contributed by atoms with Crippen LogP contribution in [0.2, 0.25) is 0 Å². The van der Waals surface area contributed by atoms with E-state index >= 15 is 0 Å². The first-order valence-electron chi connectivity index (χ1n) is 20.2. The third kappa shape index (κ3) is 9.52. The second-order valence-electron chi connectivity index (χ2n) is 15.1. The lowest BCUT2D eigenvalue weighted by molar-refractivity contribution is -0.130. The standard InChI is InChI=1S/C45H54N8O4/c1-5-41-39(42(49-38-13-19-57-20-14-38)40-28-48-53(6-2)43(40)50-41)27-47-45(56)37-22-30(3)21-36(25-37)44(55)46-26-32-9-7-11-34(23-32)35-12-8-10-33(24-35)29-51-15-17-52(18-16-51)31(4)54/h7-12,21-25,28,38H,5-6,13-20,26-27,29H2,1-4H3,(H,46,55)(H,47,56)(H,49,50). The summed E-state index contributed by atoms with van der Waals surface area (Å²) in [5.74, 6) is -0.369. The molecule has 7 rings (SSSR count). The van der Waals surface area contributed by atoms with Crippen molar-refractivity contribution in [3.8, 4) is 11.1 Å². The van der Waals surface area contributed by atoms with Crippen molar-refractivity contribution < 1.29 is 19.1 Å². The molecule has 2 aromatic heterocycles. The van der Waals surface area contributed by atoms with E-state index in [1.54, 1.807) is 13.0 Å². The first-order valence-corrected chi connectivity index (χ1v) is 20.2. The fraction of sp³-hybridized carbons (Fsp3) is 0.400. The van der Waals surface area contributed by atoms with Crippen molar-refractivity contribution in [1.29, 1.82) is 0 Å². The van der Waals surface area contributed by atoms with Gasteiger partial charge >= 0.3 is 0 Å².